The summed E-state index contributed by atoms with van der Waals surface area (Å²) >= 11 is 0. The van der Waals surface area contributed by atoms with Crippen LogP contribution in [0.1, 0.15) is 5.82 Å². The number of carbonyl (C=O) groups is 2. The molecule has 1 atom stereocenters. The molecule has 1 aromatic heterocycles. The maximum absolute atomic E-state index is 12.5. The first kappa shape index (κ1) is 14.8. The van der Waals surface area contributed by atoms with Gasteiger partial charge in [-0.25, -0.2) is 9.78 Å². The van der Waals surface area contributed by atoms with Gasteiger partial charge in [0.25, 0.3) is 0 Å². The fourth-order valence-corrected chi connectivity index (χ4v) is 3.07. The average molecular weight is 307 g/mol. The van der Waals surface area contributed by atoms with Gasteiger partial charge in [-0.05, 0) is 0 Å². The molecule has 3 amide bonds. The van der Waals surface area contributed by atoms with Crippen molar-refractivity contribution in [1.82, 2.24) is 24.3 Å². The van der Waals surface area contributed by atoms with E-state index >= 15 is 0 Å². The zero-order chi connectivity index (χ0) is 15.7. The van der Waals surface area contributed by atoms with Crippen molar-refractivity contribution < 1.29 is 14.3 Å². The van der Waals surface area contributed by atoms with Crippen molar-refractivity contribution in [3.63, 3.8) is 0 Å². The molecule has 8 heteroatoms. The van der Waals surface area contributed by atoms with Crippen molar-refractivity contribution >= 4 is 11.9 Å². The smallest absolute Gasteiger partial charge is 0.320 e. The first-order valence-electron chi connectivity index (χ1n) is 7.38. The number of carbonyl (C=O) groups excluding carboxylic acids is 2. The topological polar surface area (TPSA) is 70.9 Å². The number of aryl methyl sites for hydroxylation is 1. The minimum Gasteiger partial charge on any atom is -0.375 e. The lowest BCUT2D eigenvalue weighted by Gasteiger charge is -2.36. The van der Waals surface area contributed by atoms with E-state index in [0.29, 0.717) is 32.7 Å². The number of aromatic nitrogens is 2. The van der Waals surface area contributed by atoms with Crippen molar-refractivity contribution in [3.05, 3.63) is 18.2 Å². The van der Waals surface area contributed by atoms with E-state index in [0.717, 1.165) is 5.82 Å². The van der Waals surface area contributed by atoms with Crippen LogP contribution in [-0.2, 0) is 23.1 Å². The van der Waals surface area contributed by atoms with Crippen LogP contribution < -0.4 is 0 Å². The number of hydrogen-bond donors (Lipinski definition) is 0. The van der Waals surface area contributed by atoms with Gasteiger partial charge < -0.3 is 24.0 Å². The second kappa shape index (κ2) is 5.96. The van der Waals surface area contributed by atoms with Gasteiger partial charge in [0.1, 0.15) is 12.4 Å². The largest absolute Gasteiger partial charge is 0.375 e. The number of imidazole rings is 1. The molecule has 3 heterocycles. The Morgan fingerprint density at radius 3 is 2.91 bits per heavy atom. The highest BCUT2D eigenvalue weighted by atomic mass is 16.5. The van der Waals surface area contributed by atoms with E-state index in [-0.39, 0.29) is 24.6 Å². The number of urea groups is 1. The van der Waals surface area contributed by atoms with Crippen LogP contribution in [0.15, 0.2) is 12.4 Å². The number of ether oxygens (including phenoxy) is 1. The zero-order valence-electron chi connectivity index (χ0n) is 12.9. The molecule has 0 saturated carbocycles. The summed E-state index contributed by atoms with van der Waals surface area (Å²) in [7, 11) is 3.43. The second-order valence-electron chi connectivity index (χ2n) is 5.74. The van der Waals surface area contributed by atoms with Gasteiger partial charge in [0, 0.05) is 52.7 Å². The van der Waals surface area contributed by atoms with Gasteiger partial charge in [0.2, 0.25) is 5.91 Å². The van der Waals surface area contributed by atoms with E-state index in [1.54, 1.807) is 16.0 Å². The monoisotopic (exact) mass is 307 g/mol. The molecular formula is C14H21N5O3. The van der Waals surface area contributed by atoms with Gasteiger partial charge in [0.05, 0.1) is 12.6 Å². The number of nitrogens with zero attached hydrogens (tertiary/aromatic N) is 5. The summed E-state index contributed by atoms with van der Waals surface area (Å²) in [6.45, 7) is 2.95. The average Bonchev–Trinajstić information content (AvgIpc) is 3.04. The molecule has 0 aromatic carbocycles. The van der Waals surface area contributed by atoms with Crippen LogP contribution in [0.5, 0.6) is 0 Å². The molecule has 1 aromatic rings. The van der Waals surface area contributed by atoms with Crippen molar-refractivity contribution in [2.24, 2.45) is 7.05 Å². The molecule has 0 unspecified atom stereocenters. The van der Waals surface area contributed by atoms with Gasteiger partial charge in [-0.15, -0.1) is 0 Å². The van der Waals surface area contributed by atoms with Gasteiger partial charge >= 0.3 is 6.03 Å². The summed E-state index contributed by atoms with van der Waals surface area (Å²) in [5.41, 5.74) is 0. The van der Waals surface area contributed by atoms with Crippen LogP contribution in [-0.4, -0.2) is 82.1 Å². The van der Waals surface area contributed by atoms with E-state index in [4.69, 9.17) is 4.74 Å². The summed E-state index contributed by atoms with van der Waals surface area (Å²) in [6, 6.07) is 0.0918. The molecule has 2 aliphatic rings. The normalized spacial score (nSPS) is 21.5. The van der Waals surface area contributed by atoms with E-state index in [1.807, 2.05) is 22.7 Å². The standard InChI is InChI=1S/C14H21N5O3/c1-16-4-3-15-12(16)9-18-8-11-7-17(13(20)10-22-2)5-6-19(11)14(18)21/h3-4,11H,5-10H2,1-2H3/t11-/m1/s1. The van der Waals surface area contributed by atoms with Crippen molar-refractivity contribution in [2.75, 3.05) is 39.9 Å². The SMILES string of the molecule is COCC(=O)N1CCN2C(=O)N(Cc3nccn3C)C[C@H]2C1. The van der Waals surface area contributed by atoms with Crippen LogP contribution in [0.4, 0.5) is 4.79 Å². The quantitative estimate of drug-likeness (QED) is 0.753. The Balaban J connectivity index is 1.64. The number of fused-ring (bicyclic) bond motifs is 1. The fourth-order valence-electron chi connectivity index (χ4n) is 3.07. The minimum absolute atomic E-state index is 0.0165. The molecule has 2 saturated heterocycles. The molecule has 0 spiro atoms. The Hall–Kier alpha value is -2.09. The third-order valence-electron chi connectivity index (χ3n) is 4.30. The predicted octanol–water partition coefficient (Wildman–Crippen LogP) is -0.485. The first-order chi connectivity index (χ1) is 10.6. The zero-order valence-corrected chi connectivity index (χ0v) is 12.9. The Kier molecular flexibility index (Phi) is 4.02. The molecule has 22 heavy (non-hydrogen) atoms. The van der Waals surface area contributed by atoms with Gasteiger partial charge in [-0.2, -0.15) is 0 Å². The predicted molar refractivity (Wildman–Crippen MR) is 78.0 cm³/mol. The second-order valence-corrected chi connectivity index (χ2v) is 5.74. The number of piperazine rings is 1. The van der Waals surface area contributed by atoms with Crippen LogP contribution in [0.3, 0.4) is 0 Å². The van der Waals surface area contributed by atoms with Crippen molar-refractivity contribution in [3.8, 4) is 0 Å². The highest BCUT2D eigenvalue weighted by molar-refractivity contribution is 5.80. The van der Waals surface area contributed by atoms with E-state index in [1.165, 1.54) is 7.11 Å². The lowest BCUT2D eigenvalue weighted by atomic mass is 10.2. The molecule has 2 fully saturated rings. The molecular weight excluding hydrogens is 286 g/mol. The number of amides is 3. The lowest BCUT2D eigenvalue weighted by Crippen LogP contribution is -2.54. The van der Waals surface area contributed by atoms with Gasteiger partial charge in [0.15, 0.2) is 0 Å². The van der Waals surface area contributed by atoms with Crippen LogP contribution in [0.25, 0.3) is 0 Å². The molecule has 2 aliphatic heterocycles. The van der Waals surface area contributed by atoms with Gasteiger partial charge in [-0.1, -0.05) is 0 Å². The summed E-state index contributed by atoms with van der Waals surface area (Å²) < 4.78 is 6.82. The third-order valence-corrected chi connectivity index (χ3v) is 4.30. The van der Waals surface area contributed by atoms with Crippen LogP contribution in [0.2, 0.25) is 0 Å². The van der Waals surface area contributed by atoms with Crippen LogP contribution in [0, 0.1) is 0 Å². The number of methoxy groups -OCH3 is 1. The van der Waals surface area contributed by atoms with Gasteiger partial charge in [-0.3, -0.25) is 4.79 Å². The Morgan fingerprint density at radius 1 is 1.41 bits per heavy atom. The van der Waals surface area contributed by atoms with Crippen molar-refractivity contribution in [2.45, 2.75) is 12.6 Å². The highest BCUT2D eigenvalue weighted by Crippen LogP contribution is 2.22. The Labute approximate surface area is 129 Å². The molecule has 0 aliphatic carbocycles. The summed E-state index contributed by atoms with van der Waals surface area (Å²) in [6.07, 6.45) is 3.60. The van der Waals surface area contributed by atoms with E-state index in [9.17, 15) is 9.59 Å². The van der Waals surface area contributed by atoms with Crippen LogP contribution >= 0.6 is 0 Å². The summed E-state index contributed by atoms with van der Waals surface area (Å²) in [5.74, 6) is 0.845. The molecule has 3 rings (SSSR count). The highest BCUT2D eigenvalue weighted by Gasteiger charge is 2.41. The molecule has 0 bridgehead atoms. The number of rotatable bonds is 4. The van der Waals surface area contributed by atoms with Crippen molar-refractivity contribution in [1.29, 1.82) is 0 Å². The maximum atomic E-state index is 12.5. The lowest BCUT2D eigenvalue weighted by molar-refractivity contribution is -0.137. The van der Waals surface area contributed by atoms with E-state index in [2.05, 4.69) is 4.98 Å². The number of hydrogen-bond acceptors (Lipinski definition) is 4. The Bertz CT molecular complexity index is 573. The Morgan fingerprint density at radius 2 is 2.23 bits per heavy atom. The minimum atomic E-state index is -0.0165. The molecule has 8 nitrogen and oxygen atoms in total. The summed E-state index contributed by atoms with van der Waals surface area (Å²) in [5, 5.41) is 0. The molecule has 0 N–H and O–H groups in total. The molecule has 120 valence electrons. The third kappa shape index (κ3) is 2.66. The first-order valence-corrected chi connectivity index (χ1v) is 7.38. The van der Waals surface area contributed by atoms with E-state index < -0.39 is 0 Å². The maximum Gasteiger partial charge on any atom is 0.320 e. The molecule has 0 radical (unpaired) electrons. The fraction of sp³-hybridized carbons (Fsp3) is 0.643. The summed E-state index contributed by atoms with van der Waals surface area (Å²) in [4.78, 5) is 34.1.